The molecule has 0 fully saturated rings. The Morgan fingerprint density at radius 3 is 2.30 bits per heavy atom. The van der Waals surface area contributed by atoms with Gasteiger partial charge in [-0.1, -0.05) is 0 Å². The second kappa shape index (κ2) is 5.76. The van der Waals surface area contributed by atoms with Gasteiger partial charge in [0.15, 0.2) is 0 Å². The molecule has 0 aliphatic rings. The fourth-order valence-electron chi connectivity index (χ4n) is 2.46. The van der Waals surface area contributed by atoms with Gasteiger partial charge >= 0.3 is 0 Å². The predicted octanol–water partition coefficient (Wildman–Crippen LogP) is 3.00. The van der Waals surface area contributed by atoms with Crippen LogP contribution in [0.3, 0.4) is 0 Å². The summed E-state index contributed by atoms with van der Waals surface area (Å²) in [4.78, 5) is 23.6. The predicted molar refractivity (Wildman–Crippen MR) is 93.9 cm³/mol. The summed E-state index contributed by atoms with van der Waals surface area (Å²) in [5.74, 6) is 0.790. The first-order valence-electron chi connectivity index (χ1n) is 7.45. The highest BCUT2D eigenvalue weighted by atomic mass is 16.2. The SMILES string of the molecule is CN(C)C(=O)c1ccc2nc(-c3ccc(N(C)C)cc3)[nH]c2c1. The summed E-state index contributed by atoms with van der Waals surface area (Å²) in [5, 5.41) is 0. The molecule has 2 aromatic carbocycles. The van der Waals surface area contributed by atoms with Crippen LogP contribution in [0.2, 0.25) is 0 Å². The van der Waals surface area contributed by atoms with E-state index in [-0.39, 0.29) is 5.91 Å². The Morgan fingerprint density at radius 2 is 1.70 bits per heavy atom. The van der Waals surface area contributed by atoms with Crippen molar-refractivity contribution in [2.24, 2.45) is 0 Å². The van der Waals surface area contributed by atoms with E-state index in [0.29, 0.717) is 5.56 Å². The molecule has 118 valence electrons. The molecule has 0 radical (unpaired) electrons. The third-order valence-corrected chi connectivity index (χ3v) is 3.79. The Balaban J connectivity index is 1.98. The van der Waals surface area contributed by atoms with E-state index >= 15 is 0 Å². The number of rotatable bonds is 3. The van der Waals surface area contributed by atoms with Crippen molar-refractivity contribution >= 4 is 22.6 Å². The number of carbonyl (C=O) groups excluding carboxylic acids is 1. The van der Waals surface area contributed by atoms with Gasteiger partial charge in [0.25, 0.3) is 5.91 Å². The zero-order valence-electron chi connectivity index (χ0n) is 13.8. The summed E-state index contributed by atoms with van der Waals surface area (Å²) >= 11 is 0. The molecule has 3 rings (SSSR count). The number of benzene rings is 2. The Labute approximate surface area is 135 Å². The van der Waals surface area contributed by atoms with E-state index in [0.717, 1.165) is 28.1 Å². The van der Waals surface area contributed by atoms with Gasteiger partial charge in [-0.15, -0.1) is 0 Å². The summed E-state index contributed by atoms with van der Waals surface area (Å²) in [6, 6.07) is 13.7. The van der Waals surface area contributed by atoms with Gasteiger partial charge in [0.1, 0.15) is 5.82 Å². The molecule has 0 aliphatic carbocycles. The maximum atomic E-state index is 12.1. The van der Waals surface area contributed by atoms with Gasteiger partial charge in [0.2, 0.25) is 0 Å². The molecule has 0 saturated heterocycles. The van der Waals surface area contributed by atoms with E-state index < -0.39 is 0 Å². The van der Waals surface area contributed by atoms with Crippen molar-refractivity contribution in [1.29, 1.82) is 0 Å². The van der Waals surface area contributed by atoms with Gasteiger partial charge in [-0.2, -0.15) is 0 Å². The zero-order chi connectivity index (χ0) is 16.6. The van der Waals surface area contributed by atoms with Crippen LogP contribution in [0.5, 0.6) is 0 Å². The number of aromatic amines is 1. The summed E-state index contributed by atoms with van der Waals surface area (Å²) in [6.07, 6.45) is 0. The molecular weight excluding hydrogens is 288 g/mol. The highest BCUT2D eigenvalue weighted by molar-refractivity contribution is 5.97. The molecule has 3 aromatic rings. The number of H-pyrrole nitrogens is 1. The molecule has 0 aliphatic heterocycles. The Kier molecular flexibility index (Phi) is 3.78. The smallest absolute Gasteiger partial charge is 0.253 e. The van der Waals surface area contributed by atoms with Crippen molar-refractivity contribution in [1.82, 2.24) is 14.9 Å². The van der Waals surface area contributed by atoms with Crippen molar-refractivity contribution < 1.29 is 4.79 Å². The van der Waals surface area contributed by atoms with Crippen LogP contribution in [-0.4, -0.2) is 49.0 Å². The van der Waals surface area contributed by atoms with E-state index in [4.69, 9.17) is 0 Å². The molecule has 0 saturated carbocycles. The van der Waals surface area contributed by atoms with Crippen LogP contribution in [0, 0.1) is 0 Å². The number of carbonyl (C=O) groups is 1. The quantitative estimate of drug-likeness (QED) is 0.809. The number of anilines is 1. The fourth-order valence-corrected chi connectivity index (χ4v) is 2.46. The van der Waals surface area contributed by atoms with Crippen LogP contribution >= 0.6 is 0 Å². The lowest BCUT2D eigenvalue weighted by molar-refractivity contribution is 0.0828. The monoisotopic (exact) mass is 308 g/mol. The fraction of sp³-hybridized carbons (Fsp3) is 0.222. The topological polar surface area (TPSA) is 52.2 Å². The molecule has 5 heteroatoms. The van der Waals surface area contributed by atoms with E-state index in [2.05, 4.69) is 27.0 Å². The van der Waals surface area contributed by atoms with E-state index in [1.54, 1.807) is 19.0 Å². The molecule has 23 heavy (non-hydrogen) atoms. The lowest BCUT2D eigenvalue weighted by Gasteiger charge is -2.12. The molecule has 1 amide bonds. The normalized spacial score (nSPS) is 10.8. The van der Waals surface area contributed by atoms with Crippen LogP contribution in [-0.2, 0) is 0 Å². The third-order valence-electron chi connectivity index (χ3n) is 3.79. The van der Waals surface area contributed by atoms with Crippen molar-refractivity contribution in [3.05, 3.63) is 48.0 Å². The number of nitrogens with one attached hydrogen (secondary N) is 1. The molecule has 0 bridgehead atoms. The molecule has 5 nitrogen and oxygen atoms in total. The molecule has 0 atom stereocenters. The minimum atomic E-state index is -0.0154. The maximum Gasteiger partial charge on any atom is 0.253 e. The largest absolute Gasteiger partial charge is 0.378 e. The molecule has 1 aromatic heterocycles. The van der Waals surface area contributed by atoms with Gasteiger partial charge in [-0.05, 0) is 42.5 Å². The van der Waals surface area contributed by atoms with Crippen molar-refractivity contribution in [2.75, 3.05) is 33.1 Å². The van der Waals surface area contributed by atoms with Crippen LogP contribution in [0.15, 0.2) is 42.5 Å². The number of nitrogens with zero attached hydrogens (tertiary/aromatic N) is 3. The van der Waals surface area contributed by atoms with Gasteiger partial charge < -0.3 is 14.8 Å². The second-order valence-corrected chi connectivity index (χ2v) is 5.96. The lowest BCUT2D eigenvalue weighted by atomic mass is 10.2. The molecule has 0 unspecified atom stereocenters. The molecule has 1 heterocycles. The maximum absolute atomic E-state index is 12.1. The van der Waals surface area contributed by atoms with Crippen LogP contribution in [0.25, 0.3) is 22.4 Å². The summed E-state index contributed by atoms with van der Waals surface area (Å²) in [6.45, 7) is 0. The highest BCUT2D eigenvalue weighted by Crippen LogP contribution is 2.23. The number of hydrogen-bond acceptors (Lipinski definition) is 3. The number of aromatic nitrogens is 2. The van der Waals surface area contributed by atoms with Gasteiger partial charge in [-0.25, -0.2) is 4.98 Å². The minimum absolute atomic E-state index is 0.0154. The zero-order valence-corrected chi connectivity index (χ0v) is 13.8. The second-order valence-electron chi connectivity index (χ2n) is 5.96. The Hall–Kier alpha value is -2.82. The van der Waals surface area contributed by atoms with Crippen molar-refractivity contribution in [3.8, 4) is 11.4 Å². The highest BCUT2D eigenvalue weighted by Gasteiger charge is 2.11. The van der Waals surface area contributed by atoms with Crippen LogP contribution < -0.4 is 4.90 Å². The molecule has 1 N–H and O–H groups in total. The third kappa shape index (κ3) is 2.90. The number of imidazole rings is 1. The first-order chi connectivity index (χ1) is 11.0. The standard InChI is InChI=1S/C18H20N4O/c1-21(2)14-8-5-12(6-9-14)17-19-15-10-7-13(11-16(15)20-17)18(23)22(3)4/h5-11H,1-4H3,(H,19,20). The van der Waals surface area contributed by atoms with Gasteiger partial charge in [-0.3, -0.25) is 4.79 Å². The summed E-state index contributed by atoms with van der Waals surface area (Å²) in [7, 11) is 7.52. The Morgan fingerprint density at radius 1 is 1.00 bits per heavy atom. The number of fused-ring (bicyclic) bond motifs is 1. The van der Waals surface area contributed by atoms with Gasteiger partial charge in [0.05, 0.1) is 11.0 Å². The lowest BCUT2D eigenvalue weighted by Crippen LogP contribution is -2.21. The van der Waals surface area contributed by atoms with Gasteiger partial charge in [0, 0.05) is 45.0 Å². The van der Waals surface area contributed by atoms with Crippen molar-refractivity contribution in [3.63, 3.8) is 0 Å². The summed E-state index contributed by atoms with van der Waals surface area (Å²) < 4.78 is 0. The van der Waals surface area contributed by atoms with E-state index in [9.17, 15) is 4.79 Å². The first-order valence-corrected chi connectivity index (χ1v) is 7.45. The average Bonchev–Trinajstić information content (AvgIpc) is 2.97. The summed E-state index contributed by atoms with van der Waals surface area (Å²) in [5.41, 5.74) is 4.54. The van der Waals surface area contributed by atoms with Crippen LogP contribution in [0.4, 0.5) is 5.69 Å². The van der Waals surface area contributed by atoms with E-state index in [1.165, 1.54) is 0 Å². The first kappa shape index (κ1) is 15.1. The molecular formula is C18H20N4O. The number of hydrogen-bond donors (Lipinski definition) is 1. The number of amides is 1. The average molecular weight is 308 g/mol. The van der Waals surface area contributed by atoms with Crippen LogP contribution in [0.1, 0.15) is 10.4 Å². The Bertz CT molecular complexity index is 847. The minimum Gasteiger partial charge on any atom is -0.378 e. The van der Waals surface area contributed by atoms with Crippen molar-refractivity contribution in [2.45, 2.75) is 0 Å². The van der Waals surface area contributed by atoms with E-state index in [1.807, 2.05) is 44.4 Å². The molecule has 0 spiro atoms.